The molecule has 0 saturated carbocycles. The number of benzene rings is 2. The summed E-state index contributed by atoms with van der Waals surface area (Å²) in [6.07, 6.45) is 3.63. The number of aromatic amines is 1. The molecule has 0 fully saturated rings. The van der Waals surface area contributed by atoms with Crippen molar-refractivity contribution < 1.29 is 13.9 Å². The maximum absolute atomic E-state index is 14.7. The van der Waals surface area contributed by atoms with Crippen LogP contribution in [0.3, 0.4) is 0 Å². The number of pyridine rings is 1. The number of nitrogens with two attached hydrogens (primary N) is 1. The molecular formula is C23H21FN4O2. The second-order valence-electron chi connectivity index (χ2n) is 7.04. The predicted octanol–water partition coefficient (Wildman–Crippen LogP) is 4.31. The molecule has 4 aromatic rings. The summed E-state index contributed by atoms with van der Waals surface area (Å²) in [5.74, 6) is -0.246. The first-order valence-corrected chi connectivity index (χ1v) is 9.52. The third kappa shape index (κ3) is 4.16. The number of rotatable bonds is 6. The Morgan fingerprint density at radius 3 is 2.77 bits per heavy atom. The molecule has 2 aromatic heterocycles. The van der Waals surface area contributed by atoms with Crippen molar-refractivity contribution in [3.05, 3.63) is 83.9 Å². The average molecular weight is 404 g/mol. The van der Waals surface area contributed by atoms with E-state index in [1.807, 2.05) is 31.3 Å². The lowest BCUT2D eigenvalue weighted by atomic mass is 10.1. The molecule has 7 heteroatoms. The fourth-order valence-electron chi connectivity index (χ4n) is 3.24. The summed E-state index contributed by atoms with van der Waals surface area (Å²) >= 11 is 0. The number of nitrogens with zero attached hydrogens (tertiary/aromatic N) is 1. The van der Waals surface area contributed by atoms with E-state index in [1.54, 1.807) is 36.5 Å². The zero-order valence-corrected chi connectivity index (χ0v) is 16.4. The zero-order chi connectivity index (χ0) is 21.1. The van der Waals surface area contributed by atoms with E-state index in [4.69, 9.17) is 10.5 Å². The summed E-state index contributed by atoms with van der Waals surface area (Å²) in [6.45, 7) is 1.93. The SMILES string of the molecule is Cc1c[nH]c2nccc(Oc3ccc(C[C@@H](N)C(=O)Nc4ccccc4)cc3F)c12. The molecule has 2 heterocycles. The number of carbonyl (C=O) groups excluding carboxylic acids is 1. The van der Waals surface area contributed by atoms with Crippen molar-refractivity contribution in [2.24, 2.45) is 5.73 Å². The summed E-state index contributed by atoms with van der Waals surface area (Å²) in [5, 5.41) is 3.56. The summed E-state index contributed by atoms with van der Waals surface area (Å²) in [4.78, 5) is 19.6. The number of para-hydroxylation sites is 1. The normalized spacial score (nSPS) is 12.0. The highest BCUT2D eigenvalue weighted by molar-refractivity contribution is 5.94. The Morgan fingerprint density at radius 1 is 1.20 bits per heavy atom. The molecule has 1 amide bonds. The highest BCUT2D eigenvalue weighted by atomic mass is 19.1. The molecule has 0 aliphatic heterocycles. The smallest absolute Gasteiger partial charge is 0.241 e. The molecule has 0 bridgehead atoms. The van der Waals surface area contributed by atoms with Crippen LogP contribution in [0.15, 0.2) is 67.0 Å². The van der Waals surface area contributed by atoms with Gasteiger partial charge in [0.05, 0.1) is 11.4 Å². The van der Waals surface area contributed by atoms with E-state index >= 15 is 0 Å². The first-order valence-electron chi connectivity index (χ1n) is 9.52. The Morgan fingerprint density at radius 2 is 2.00 bits per heavy atom. The lowest BCUT2D eigenvalue weighted by Gasteiger charge is -2.14. The fraction of sp³-hybridized carbons (Fsp3) is 0.130. The number of H-pyrrole nitrogens is 1. The molecule has 30 heavy (non-hydrogen) atoms. The minimum Gasteiger partial charge on any atom is -0.453 e. The molecular weight excluding hydrogens is 383 g/mol. The molecule has 4 rings (SSSR count). The Kier molecular flexibility index (Phi) is 5.45. The van der Waals surface area contributed by atoms with Crippen molar-refractivity contribution in [3.63, 3.8) is 0 Å². The molecule has 0 saturated heterocycles. The van der Waals surface area contributed by atoms with E-state index in [-0.39, 0.29) is 18.1 Å². The molecule has 0 aliphatic carbocycles. The van der Waals surface area contributed by atoms with Crippen LogP contribution in [-0.4, -0.2) is 21.9 Å². The third-order valence-corrected chi connectivity index (χ3v) is 4.78. The molecule has 152 valence electrons. The van der Waals surface area contributed by atoms with E-state index in [2.05, 4.69) is 15.3 Å². The van der Waals surface area contributed by atoms with Gasteiger partial charge in [-0.05, 0) is 54.8 Å². The number of anilines is 1. The van der Waals surface area contributed by atoms with Gasteiger partial charge >= 0.3 is 0 Å². The molecule has 0 aliphatic rings. The van der Waals surface area contributed by atoms with Crippen molar-refractivity contribution in [1.82, 2.24) is 9.97 Å². The van der Waals surface area contributed by atoms with Crippen LogP contribution in [0, 0.1) is 12.7 Å². The van der Waals surface area contributed by atoms with Crippen molar-refractivity contribution in [1.29, 1.82) is 0 Å². The van der Waals surface area contributed by atoms with Crippen molar-refractivity contribution in [3.8, 4) is 11.5 Å². The van der Waals surface area contributed by atoms with Gasteiger partial charge in [0, 0.05) is 18.1 Å². The van der Waals surface area contributed by atoms with Gasteiger partial charge in [-0.15, -0.1) is 0 Å². The quantitative estimate of drug-likeness (QED) is 0.446. The van der Waals surface area contributed by atoms with Crippen LogP contribution in [0.2, 0.25) is 0 Å². The summed E-state index contributed by atoms with van der Waals surface area (Å²) in [7, 11) is 0. The van der Waals surface area contributed by atoms with Crippen LogP contribution < -0.4 is 15.8 Å². The first-order chi connectivity index (χ1) is 14.5. The summed E-state index contributed by atoms with van der Waals surface area (Å²) in [6, 6.07) is 14.5. The average Bonchev–Trinajstić information content (AvgIpc) is 3.12. The van der Waals surface area contributed by atoms with E-state index in [1.165, 1.54) is 6.07 Å². The second kappa shape index (κ2) is 8.34. The molecule has 0 radical (unpaired) electrons. The van der Waals surface area contributed by atoms with Gasteiger partial charge in [-0.2, -0.15) is 0 Å². The lowest BCUT2D eigenvalue weighted by molar-refractivity contribution is -0.117. The van der Waals surface area contributed by atoms with Crippen LogP contribution in [0.4, 0.5) is 10.1 Å². The van der Waals surface area contributed by atoms with Crippen LogP contribution in [0.5, 0.6) is 11.5 Å². The molecule has 1 atom stereocenters. The summed E-state index contributed by atoms with van der Waals surface area (Å²) in [5.41, 5.74) is 8.91. The van der Waals surface area contributed by atoms with Gasteiger partial charge in [-0.3, -0.25) is 4.79 Å². The number of nitrogens with one attached hydrogen (secondary N) is 2. The second-order valence-corrected chi connectivity index (χ2v) is 7.04. The van der Waals surface area contributed by atoms with Gasteiger partial charge in [-0.25, -0.2) is 9.37 Å². The number of aryl methyl sites for hydroxylation is 1. The lowest BCUT2D eigenvalue weighted by Crippen LogP contribution is -2.37. The van der Waals surface area contributed by atoms with Crippen molar-refractivity contribution in [2.75, 3.05) is 5.32 Å². The molecule has 6 nitrogen and oxygen atoms in total. The predicted molar refractivity (Wildman–Crippen MR) is 114 cm³/mol. The van der Waals surface area contributed by atoms with Crippen molar-refractivity contribution >= 4 is 22.6 Å². The van der Waals surface area contributed by atoms with Crippen LogP contribution >= 0.6 is 0 Å². The number of halogens is 1. The van der Waals surface area contributed by atoms with Crippen molar-refractivity contribution in [2.45, 2.75) is 19.4 Å². The number of hydrogen-bond donors (Lipinski definition) is 3. The highest BCUT2D eigenvalue weighted by Crippen LogP contribution is 2.32. The number of amides is 1. The van der Waals surface area contributed by atoms with Crippen LogP contribution in [-0.2, 0) is 11.2 Å². The monoisotopic (exact) mass is 404 g/mol. The Balaban J connectivity index is 1.46. The summed E-state index contributed by atoms with van der Waals surface area (Å²) < 4.78 is 20.5. The Hall–Kier alpha value is -3.71. The molecule has 4 N–H and O–H groups in total. The molecule has 2 aromatic carbocycles. The van der Waals surface area contributed by atoms with Crippen LogP contribution in [0.1, 0.15) is 11.1 Å². The van der Waals surface area contributed by atoms with Gasteiger partial charge < -0.3 is 20.8 Å². The number of aromatic nitrogens is 2. The van der Waals surface area contributed by atoms with Gasteiger partial charge in [0.2, 0.25) is 5.91 Å². The van der Waals surface area contributed by atoms with E-state index in [0.29, 0.717) is 22.6 Å². The van der Waals surface area contributed by atoms with E-state index in [0.717, 1.165) is 10.9 Å². The number of carbonyl (C=O) groups is 1. The standard InChI is InChI=1S/C23H21FN4O2/c1-14-13-27-22-21(14)20(9-10-26-22)30-19-8-7-15(11-17(19)24)12-18(25)23(29)28-16-5-3-2-4-6-16/h2-11,13,18H,12,25H2,1H3,(H,26,27)(H,28,29)/t18-/m1/s1. The fourth-order valence-corrected chi connectivity index (χ4v) is 3.24. The minimum atomic E-state index is -0.807. The molecule has 0 unspecified atom stereocenters. The topological polar surface area (TPSA) is 93.0 Å². The number of ether oxygens (including phenoxy) is 1. The van der Waals surface area contributed by atoms with Gasteiger partial charge in [0.15, 0.2) is 11.6 Å². The third-order valence-electron chi connectivity index (χ3n) is 4.78. The van der Waals surface area contributed by atoms with Gasteiger partial charge in [0.25, 0.3) is 0 Å². The number of fused-ring (bicyclic) bond motifs is 1. The highest BCUT2D eigenvalue weighted by Gasteiger charge is 2.16. The minimum absolute atomic E-state index is 0.0918. The first kappa shape index (κ1) is 19.6. The molecule has 0 spiro atoms. The van der Waals surface area contributed by atoms with Gasteiger partial charge in [-0.1, -0.05) is 24.3 Å². The van der Waals surface area contributed by atoms with E-state index < -0.39 is 11.9 Å². The van der Waals surface area contributed by atoms with Crippen LogP contribution in [0.25, 0.3) is 11.0 Å². The zero-order valence-electron chi connectivity index (χ0n) is 16.4. The van der Waals surface area contributed by atoms with Gasteiger partial charge in [0.1, 0.15) is 11.4 Å². The Labute approximate surface area is 172 Å². The maximum Gasteiger partial charge on any atom is 0.241 e. The Bertz CT molecular complexity index is 1190. The maximum atomic E-state index is 14.7. The largest absolute Gasteiger partial charge is 0.453 e. The van der Waals surface area contributed by atoms with E-state index in [9.17, 15) is 9.18 Å². The number of hydrogen-bond acceptors (Lipinski definition) is 4.